The van der Waals surface area contributed by atoms with Crippen molar-refractivity contribution in [2.45, 2.75) is 12.3 Å². The zero-order chi connectivity index (χ0) is 14.5. The van der Waals surface area contributed by atoms with E-state index in [9.17, 15) is 4.79 Å². The summed E-state index contributed by atoms with van der Waals surface area (Å²) in [6.45, 7) is 2.01. The number of thiol groups is 1. The lowest BCUT2D eigenvalue weighted by Gasteiger charge is -2.24. The Kier molecular flexibility index (Phi) is 4.86. The van der Waals surface area contributed by atoms with Crippen LogP contribution in [0.5, 0.6) is 0 Å². The molecule has 0 spiro atoms. The average molecular weight is 313 g/mol. The van der Waals surface area contributed by atoms with Crippen molar-refractivity contribution in [3.8, 4) is 0 Å². The van der Waals surface area contributed by atoms with Gasteiger partial charge < -0.3 is 15.4 Å². The maximum atomic E-state index is 11.7. The highest BCUT2D eigenvalue weighted by Crippen LogP contribution is 2.23. The van der Waals surface area contributed by atoms with E-state index < -0.39 is 11.3 Å². The number of rotatable bonds is 4. The molecule has 8 heteroatoms. The van der Waals surface area contributed by atoms with Crippen molar-refractivity contribution in [1.82, 2.24) is 15.3 Å². The van der Waals surface area contributed by atoms with Crippen LogP contribution in [0.2, 0.25) is 0 Å². The Bertz CT molecular complexity index is 562. The highest BCUT2D eigenvalue weighted by Gasteiger charge is 2.24. The minimum Gasteiger partial charge on any atom is -0.461 e. The lowest BCUT2D eigenvalue weighted by Crippen LogP contribution is -2.35. The lowest BCUT2D eigenvalue weighted by molar-refractivity contribution is -0.139. The van der Waals surface area contributed by atoms with Gasteiger partial charge in [-0.2, -0.15) is 0 Å². The van der Waals surface area contributed by atoms with E-state index in [1.807, 2.05) is 0 Å². The normalized spacial score (nSPS) is 18.1. The summed E-state index contributed by atoms with van der Waals surface area (Å²) in [5.41, 5.74) is 0.867. The number of hydrogen-bond acceptors (Lipinski definition) is 7. The van der Waals surface area contributed by atoms with E-state index in [1.165, 1.54) is 6.33 Å². The maximum absolute atomic E-state index is 11.7. The summed E-state index contributed by atoms with van der Waals surface area (Å²) in [6, 6.07) is 1.71. The van der Waals surface area contributed by atoms with Crippen LogP contribution in [0.25, 0.3) is 0 Å². The van der Waals surface area contributed by atoms with Crippen LogP contribution in [0, 0.1) is 0 Å². The first-order chi connectivity index (χ1) is 9.61. The number of anilines is 1. The van der Waals surface area contributed by atoms with Crippen LogP contribution in [0.4, 0.5) is 5.82 Å². The molecule has 1 aliphatic heterocycles. The second kappa shape index (κ2) is 6.62. The monoisotopic (exact) mass is 312 g/mol. The third kappa shape index (κ3) is 3.43. The second-order valence-electron chi connectivity index (χ2n) is 3.81. The van der Waals surface area contributed by atoms with Gasteiger partial charge in [-0.1, -0.05) is 11.6 Å². The maximum Gasteiger partial charge on any atom is 0.355 e. The summed E-state index contributed by atoms with van der Waals surface area (Å²) in [6.07, 6.45) is 4.65. The molecule has 1 aromatic heterocycles. The molecule has 0 aromatic carbocycles. The number of nitrogens with one attached hydrogen (secondary N) is 2. The number of dihydropyridines is 1. The lowest BCUT2D eigenvalue weighted by atomic mass is 10.2. The Morgan fingerprint density at radius 2 is 2.45 bits per heavy atom. The van der Waals surface area contributed by atoms with E-state index in [0.29, 0.717) is 11.5 Å². The van der Waals surface area contributed by atoms with Gasteiger partial charge in [0.15, 0.2) is 0 Å². The van der Waals surface area contributed by atoms with Crippen LogP contribution < -0.4 is 10.6 Å². The summed E-state index contributed by atoms with van der Waals surface area (Å²) in [5, 5.41) is 5.77. The van der Waals surface area contributed by atoms with Gasteiger partial charge in [0.25, 0.3) is 0 Å². The fourth-order valence-corrected chi connectivity index (χ4v) is 2.07. The number of carbonyl (C=O) groups is 1. The van der Waals surface area contributed by atoms with Crippen molar-refractivity contribution in [3.63, 3.8) is 0 Å². The first kappa shape index (κ1) is 14.7. The minimum atomic E-state index is -0.506. The Morgan fingerprint density at radius 1 is 1.65 bits per heavy atom. The van der Waals surface area contributed by atoms with Gasteiger partial charge in [0, 0.05) is 6.20 Å². The first-order valence-electron chi connectivity index (χ1n) is 5.88. The fraction of sp³-hybridized carbons (Fsp3) is 0.250. The third-order valence-corrected chi connectivity index (χ3v) is 3.14. The van der Waals surface area contributed by atoms with Crippen molar-refractivity contribution in [2.24, 2.45) is 0 Å². The van der Waals surface area contributed by atoms with E-state index in [4.69, 9.17) is 16.3 Å². The number of halogens is 1. The van der Waals surface area contributed by atoms with Crippen molar-refractivity contribution in [1.29, 1.82) is 0 Å². The molecule has 1 aliphatic rings. The van der Waals surface area contributed by atoms with Crippen LogP contribution in [0.3, 0.4) is 0 Å². The molecule has 1 atom stereocenters. The molecule has 0 fully saturated rings. The van der Waals surface area contributed by atoms with Crippen molar-refractivity contribution >= 4 is 36.0 Å². The summed E-state index contributed by atoms with van der Waals surface area (Å²) < 4.78 is 4.91. The molecule has 0 bridgehead atoms. The molecule has 0 saturated carbocycles. The SMILES string of the molecule is CCOC(=O)C1=C(Cl)C=C(Nc2ccncn2)C(S)N1. The highest BCUT2D eigenvalue weighted by atomic mass is 35.5. The molecule has 20 heavy (non-hydrogen) atoms. The molecule has 0 aliphatic carbocycles. The number of hydrogen-bond donors (Lipinski definition) is 3. The van der Waals surface area contributed by atoms with E-state index in [-0.39, 0.29) is 17.3 Å². The van der Waals surface area contributed by atoms with E-state index in [2.05, 4.69) is 33.2 Å². The fourth-order valence-electron chi connectivity index (χ4n) is 1.55. The Hall–Kier alpha value is -1.73. The predicted octanol–water partition coefficient (Wildman–Crippen LogP) is 1.64. The van der Waals surface area contributed by atoms with E-state index >= 15 is 0 Å². The molecule has 2 rings (SSSR count). The van der Waals surface area contributed by atoms with Crippen LogP contribution in [-0.4, -0.2) is 27.9 Å². The Morgan fingerprint density at radius 3 is 3.10 bits per heavy atom. The van der Waals surface area contributed by atoms with Crippen LogP contribution in [0.15, 0.2) is 41.1 Å². The molecule has 106 valence electrons. The summed E-state index contributed by atoms with van der Waals surface area (Å²) in [7, 11) is 0. The molecule has 0 amide bonds. The quantitative estimate of drug-likeness (QED) is 0.580. The summed E-state index contributed by atoms with van der Waals surface area (Å²) in [5.74, 6) is 0.102. The molecule has 0 saturated heterocycles. The van der Waals surface area contributed by atoms with Gasteiger partial charge in [-0.3, -0.25) is 0 Å². The van der Waals surface area contributed by atoms with Gasteiger partial charge in [-0.15, -0.1) is 12.6 Å². The van der Waals surface area contributed by atoms with Gasteiger partial charge in [0.1, 0.15) is 23.2 Å². The molecule has 0 radical (unpaired) electrons. The van der Waals surface area contributed by atoms with Crippen LogP contribution in [0.1, 0.15) is 6.92 Å². The van der Waals surface area contributed by atoms with Gasteiger partial charge in [-0.25, -0.2) is 14.8 Å². The van der Waals surface area contributed by atoms with Gasteiger partial charge >= 0.3 is 5.97 Å². The van der Waals surface area contributed by atoms with Gasteiger partial charge in [-0.05, 0) is 19.1 Å². The molecule has 2 heterocycles. The number of ether oxygens (including phenoxy) is 1. The number of aromatic nitrogens is 2. The summed E-state index contributed by atoms with van der Waals surface area (Å²) in [4.78, 5) is 19.6. The smallest absolute Gasteiger partial charge is 0.355 e. The number of nitrogens with zero attached hydrogens (tertiary/aromatic N) is 2. The Balaban J connectivity index is 2.19. The minimum absolute atomic E-state index is 0.196. The Labute approximate surface area is 126 Å². The van der Waals surface area contributed by atoms with Crippen LogP contribution in [-0.2, 0) is 9.53 Å². The van der Waals surface area contributed by atoms with Crippen molar-refractivity contribution in [2.75, 3.05) is 11.9 Å². The molecular weight excluding hydrogens is 300 g/mol. The average Bonchev–Trinajstić information content (AvgIpc) is 2.44. The number of allylic oxidation sites excluding steroid dienone is 2. The first-order valence-corrected chi connectivity index (χ1v) is 6.77. The van der Waals surface area contributed by atoms with Crippen molar-refractivity contribution < 1.29 is 9.53 Å². The van der Waals surface area contributed by atoms with Crippen LogP contribution >= 0.6 is 24.2 Å². The van der Waals surface area contributed by atoms with Gasteiger partial charge in [0.2, 0.25) is 0 Å². The van der Waals surface area contributed by atoms with Gasteiger partial charge in [0.05, 0.1) is 17.3 Å². The summed E-state index contributed by atoms with van der Waals surface area (Å²) >= 11 is 10.4. The standard InChI is InChI=1S/C12H13ClN4O2S/c1-2-19-12(18)10-7(13)5-8(11(20)17-10)16-9-3-4-14-6-15-9/h3-6,11,17,20H,2H2,1H3,(H,14,15,16). The van der Waals surface area contributed by atoms with E-state index in [1.54, 1.807) is 25.3 Å². The molecule has 6 nitrogen and oxygen atoms in total. The number of esters is 1. The topological polar surface area (TPSA) is 76.1 Å². The highest BCUT2D eigenvalue weighted by molar-refractivity contribution is 7.81. The third-order valence-electron chi connectivity index (χ3n) is 2.43. The molecule has 1 unspecified atom stereocenters. The number of carbonyl (C=O) groups excluding carboxylic acids is 1. The predicted molar refractivity (Wildman–Crippen MR) is 79.2 cm³/mol. The zero-order valence-corrected chi connectivity index (χ0v) is 12.3. The zero-order valence-electron chi connectivity index (χ0n) is 10.6. The van der Waals surface area contributed by atoms with Crippen molar-refractivity contribution in [3.05, 3.63) is 41.1 Å². The molecule has 2 N–H and O–H groups in total. The van der Waals surface area contributed by atoms with E-state index in [0.717, 1.165) is 0 Å². The molecular formula is C12H13ClN4O2S. The second-order valence-corrected chi connectivity index (χ2v) is 4.73. The largest absolute Gasteiger partial charge is 0.461 e. The molecule has 1 aromatic rings.